The first kappa shape index (κ1) is 16.9. The summed E-state index contributed by atoms with van der Waals surface area (Å²) in [6.45, 7) is 6.72. The third-order valence-corrected chi connectivity index (χ3v) is 2.64. The summed E-state index contributed by atoms with van der Waals surface area (Å²) < 4.78 is 18.3. The Kier molecular flexibility index (Phi) is 9.75. The molecular formula is C14H29FO2. The number of alkyl halides is 1. The second-order valence-electron chi connectivity index (χ2n) is 5.65. The van der Waals surface area contributed by atoms with Crippen LogP contribution in [0.2, 0.25) is 0 Å². The third-order valence-electron chi connectivity index (χ3n) is 2.64. The fourth-order valence-corrected chi connectivity index (χ4v) is 1.64. The standard InChI is InChI=1S/C14H29FO2/c1-14(2,3)17-11-9-7-5-4-6-8-10-13(15)12-16/h13,16H,4-12H2,1-3H3. The van der Waals surface area contributed by atoms with E-state index in [2.05, 4.69) is 20.8 Å². The van der Waals surface area contributed by atoms with E-state index in [1.54, 1.807) is 0 Å². The van der Waals surface area contributed by atoms with Gasteiger partial charge in [0.15, 0.2) is 0 Å². The average molecular weight is 248 g/mol. The van der Waals surface area contributed by atoms with Crippen LogP contribution in [-0.4, -0.2) is 30.1 Å². The molecule has 0 saturated carbocycles. The summed E-state index contributed by atoms with van der Waals surface area (Å²) in [5, 5.41) is 8.51. The molecule has 0 amide bonds. The van der Waals surface area contributed by atoms with Crippen molar-refractivity contribution in [2.45, 2.75) is 77.5 Å². The van der Waals surface area contributed by atoms with Gasteiger partial charge in [0.25, 0.3) is 0 Å². The van der Waals surface area contributed by atoms with E-state index in [4.69, 9.17) is 9.84 Å². The molecule has 0 aromatic carbocycles. The number of hydrogen-bond acceptors (Lipinski definition) is 2. The number of hydrogen-bond donors (Lipinski definition) is 1. The van der Waals surface area contributed by atoms with Gasteiger partial charge >= 0.3 is 0 Å². The highest BCUT2D eigenvalue weighted by atomic mass is 19.1. The highest BCUT2D eigenvalue weighted by Gasteiger charge is 2.08. The van der Waals surface area contributed by atoms with E-state index in [1.807, 2.05) is 0 Å². The van der Waals surface area contributed by atoms with Gasteiger partial charge in [-0.15, -0.1) is 0 Å². The van der Waals surface area contributed by atoms with E-state index in [1.165, 1.54) is 12.8 Å². The maximum atomic E-state index is 12.7. The van der Waals surface area contributed by atoms with Gasteiger partial charge in [0.1, 0.15) is 6.17 Å². The highest BCUT2D eigenvalue weighted by molar-refractivity contribution is 4.58. The van der Waals surface area contributed by atoms with Crippen LogP contribution in [0.15, 0.2) is 0 Å². The Hall–Kier alpha value is -0.150. The maximum absolute atomic E-state index is 12.7. The summed E-state index contributed by atoms with van der Waals surface area (Å²) in [6, 6.07) is 0. The van der Waals surface area contributed by atoms with Crippen molar-refractivity contribution in [2.75, 3.05) is 13.2 Å². The van der Waals surface area contributed by atoms with Crippen molar-refractivity contribution >= 4 is 0 Å². The SMILES string of the molecule is CC(C)(C)OCCCCCCCCC(F)CO. The molecule has 3 heteroatoms. The Morgan fingerprint density at radius 1 is 1.00 bits per heavy atom. The van der Waals surface area contributed by atoms with Crippen LogP contribution in [0.5, 0.6) is 0 Å². The van der Waals surface area contributed by atoms with Gasteiger partial charge in [0, 0.05) is 6.61 Å². The van der Waals surface area contributed by atoms with E-state index in [9.17, 15) is 4.39 Å². The van der Waals surface area contributed by atoms with Crippen LogP contribution in [0, 0.1) is 0 Å². The molecule has 0 aliphatic heterocycles. The topological polar surface area (TPSA) is 29.5 Å². The molecule has 2 nitrogen and oxygen atoms in total. The Labute approximate surface area is 106 Å². The molecule has 0 heterocycles. The first-order valence-electron chi connectivity index (χ1n) is 6.84. The van der Waals surface area contributed by atoms with E-state index in [-0.39, 0.29) is 12.2 Å². The van der Waals surface area contributed by atoms with E-state index < -0.39 is 6.17 Å². The lowest BCUT2D eigenvalue weighted by molar-refractivity contribution is -0.00475. The van der Waals surface area contributed by atoms with E-state index in [0.717, 1.165) is 32.3 Å². The summed E-state index contributed by atoms with van der Waals surface area (Å²) in [4.78, 5) is 0. The fraction of sp³-hybridized carbons (Fsp3) is 1.00. The number of aliphatic hydroxyl groups is 1. The highest BCUT2D eigenvalue weighted by Crippen LogP contribution is 2.12. The van der Waals surface area contributed by atoms with Crippen LogP contribution in [0.4, 0.5) is 4.39 Å². The maximum Gasteiger partial charge on any atom is 0.123 e. The molecule has 0 aliphatic carbocycles. The zero-order chi connectivity index (χ0) is 13.1. The molecule has 0 aromatic rings. The zero-order valence-electron chi connectivity index (χ0n) is 11.7. The van der Waals surface area contributed by atoms with Crippen molar-refractivity contribution < 1.29 is 14.2 Å². The van der Waals surface area contributed by atoms with Crippen LogP contribution in [0.3, 0.4) is 0 Å². The molecule has 0 saturated heterocycles. The molecule has 0 spiro atoms. The van der Waals surface area contributed by atoms with Crippen LogP contribution in [0.1, 0.15) is 65.7 Å². The minimum atomic E-state index is -1.02. The van der Waals surface area contributed by atoms with Gasteiger partial charge in [-0.1, -0.05) is 32.1 Å². The third kappa shape index (κ3) is 13.8. The van der Waals surface area contributed by atoms with E-state index >= 15 is 0 Å². The van der Waals surface area contributed by atoms with Crippen molar-refractivity contribution in [2.24, 2.45) is 0 Å². The number of halogens is 1. The molecule has 0 radical (unpaired) electrons. The Bertz CT molecular complexity index is 166. The molecule has 0 bridgehead atoms. The second kappa shape index (κ2) is 9.84. The summed E-state index contributed by atoms with van der Waals surface area (Å²) in [7, 11) is 0. The molecule has 17 heavy (non-hydrogen) atoms. The monoisotopic (exact) mass is 248 g/mol. The van der Waals surface area contributed by atoms with Gasteiger partial charge in [-0.3, -0.25) is 0 Å². The second-order valence-corrected chi connectivity index (χ2v) is 5.65. The van der Waals surface area contributed by atoms with Gasteiger partial charge in [-0.2, -0.15) is 0 Å². The normalized spacial score (nSPS) is 13.9. The Morgan fingerprint density at radius 2 is 1.53 bits per heavy atom. The van der Waals surface area contributed by atoms with Crippen molar-refractivity contribution in [3.8, 4) is 0 Å². The molecule has 0 aromatic heterocycles. The van der Waals surface area contributed by atoms with Gasteiger partial charge in [-0.25, -0.2) is 4.39 Å². The lowest BCUT2D eigenvalue weighted by Gasteiger charge is -2.19. The van der Waals surface area contributed by atoms with Crippen molar-refractivity contribution in [1.82, 2.24) is 0 Å². The Morgan fingerprint density at radius 3 is 2.06 bits per heavy atom. The van der Waals surface area contributed by atoms with Crippen LogP contribution < -0.4 is 0 Å². The lowest BCUT2D eigenvalue weighted by Crippen LogP contribution is -2.19. The summed E-state index contributed by atoms with van der Waals surface area (Å²) in [5.74, 6) is 0. The number of ether oxygens (including phenoxy) is 1. The summed E-state index contributed by atoms with van der Waals surface area (Å²) >= 11 is 0. The molecule has 0 aliphatic rings. The molecule has 1 unspecified atom stereocenters. The minimum absolute atomic E-state index is 0.0273. The molecule has 1 N–H and O–H groups in total. The van der Waals surface area contributed by atoms with E-state index in [0.29, 0.717) is 6.42 Å². The molecule has 1 atom stereocenters. The molecule has 0 rings (SSSR count). The molecular weight excluding hydrogens is 219 g/mol. The van der Waals surface area contributed by atoms with Crippen LogP contribution >= 0.6 is 0 Å². The fourth-order valence-electron chi connectivity index (χ4n) is 1.64. The number of aliphatic hydroxyl groups excluding tert-OH is 1. The Balaban J connectivity index is 3.09. The first-order valence-corrected chi connectivity index (χ1v) is 6.84. The quantitative estimate of drug-likeness (QED) is 0.595. The molecule has 104 valence electrons. The van der Waals surface area contributed by atoms with Gasteiger partial charge in [0.05, 0.1) is 12.2 Å². The predicted octanol–water partition coefficient (Wildman–Crippen LogP) is 3.86. The predicted molar refractivity (Wildman–Crippen MR) is 70.0 cm³/mol. The minimum Gasteiger partial charge on any atom is -0.393 e. The van der Waals surface area contributed by atoms with Crippen LogP contribution in [-0.2, 0) is 4.74 Å². The summed E-state index contributed by atoms with van der Waals surface area (Å²) in [6.07, 6.45) is 6.10. The lowest BCUT2D eigenvalue weighted by atomic mass is 10.1. The largest absolute Gasteiger partial charge is 0.393 e. The number of rotatable bonds is 10. The summed E-state index contributed by atoms with van der Waals surface area (Å²) in [5.41, 5.74) is -0.0273. The first-order chi connectivity index (χ1) is 7.95. The molecule has 0 fully saturated rings. The number of unbranched alkanes of at least 4 members (excludes halogenated alkanes) is 5. The van der Waals surface area contributed by atoms with Crippen molar-refractivity contribution in [3.05, 3.63) is 0 Å². The van der Waals surface area contributed by atoms with Gasteiger partial charge in [0.2, 0.25) is 0 Å². The smallest absolute Gasteiger partial charge is 0.123 e. The van der Waals surface area contributed by atoms with Crippen molar-refractivity contribution in [1.29, 1.82) is 0 Å². The van der Waals surface area contributed by atoms with Crippen molar-refractivity contribution in [3.63, 3.8) is 0 Å². The van der Waals surface area contributed by atoms with Gasteiger partial charge < -0.3 is 9.84 Å². The van der Waals surface area contributed by atoms with Crippen LogP contribution in [0.25, 0.3) is 0 Å². The zero-order valence-corrected chi connectivity index (χ0v) is 11.7. The van der Waals surface area contributed by atoms with Gasteiger partial charge in [-0.05, 0) is 33.6 Å². The average Bonchev–Trinajstić information content (AvgIpc) is 2.25.